The summed E-state index contributed by atoms with van der Waals surface area (Å²) in [5.41, 5.74) is 1.81. The summed E-state index contributed by atoms with van der Waals surface area (Å²) in [6.45, 7) is 4.00. The highest BCUT2D eigenvalue weighted by Gasteiger charge is 2.22. The molecule has 28 heavy (non-hydrogen) atoms. The standard InChI is InChI=1S/C20H25FN4O3/c21-19-15(14-26)2-1-3-18(19)25-8-6-24(7-9-25)16-12-22-20(23-13-16)28-17-4-10-27-11-5-17/h1-3,12-13,17,26H,4-11,14H2. The molecular formula is C20H25FN4O3. The smallest absolute Gasteiger partial charge is 0.316 e. The summed E-state index contributed by atoms with van der Waals surface area (Å²) in [5.74, 6) is -0.337. The first-order valence-corrected chi connectivity index (χ1v) is 9.69. The second-order valence-electron chi connectivity index (χ2n) is 7.04. The first-order chi connectivity index (χ1) is 13.7. The van der Waals surface area contributed by atoms with Gasteiger partial charge in [-0.2, -0.15) is 0 Å². The fourth-order valence-electron chi connectivity index (χ4n) is 3.61. The van der Waals surface area contributed by atoms with Crippen LogP contribution in [-0.2, 0) is 11.3 Å². The van der Waals surface area contributed by atoms with E-state index in [-0.39, 0.29) is 18.5 Å². The van der Waals surface area contributed by atoms with Crippen LogP contribution in [0.5, 0.6) is 6.01 Å². The Kier molecular flexibility index (Phi) is 5.87. The van der Waals surface area contributed by atoms with Crippen LogP contribution >= 0.6 is 0 Å². The minimum Gasteiger partial charge on any atom is -0.460 e. The van der Waals surface area contributed by atoms with Crippen LogP contribution in [0, 0.1) is 5.82 Å². The van der Waals surface area contributed by atoms with Crippen molar-refractivity contribution in [2.45, 2.75) is 25.6 Å². The van der Waals surface area contributed by atoms with Crippen LogP contribution in [0.4, 0.5) is 15.8 Å². The zero-order chi connectivity index (χ0) is 19.3. The van der Waals surface area contributed by atoms with Crippen LogP contribution < -0.4 is 14.5 Å². The highest BCUT2D eigenvalue weighted by atomic mass is 19.1. The topological polar surface area (TPSA) is 71.0 Å². The Morgan fingerprint density at radius 3 is 2.43 bits per heavy atom. The van der Waals surface area contributed by atoms with Gasteiger partial charge in [-0.05, 0) is 6.07 Å². The van der Waals surface area contributed by atoms with Crippen molar-refractivity contribution in [3.8, 4) is 6.01 Å². The molecule has 0 saturated carbocycles. The van der Waals surface area contributed by atoms with Gasteiger partial charge in [0.15, 0.2) is 5.82 Å². The van der Waals surface area contributed by atoms with Crippen molar-refractivity contribution in [1.29, 1.82) is 0 Å². The molecule has 2 fully saturated rings. The number of aromatic nitrogens is 2. The molecule has 0 unspecified atom stereocenters. The molecule has 8 heteroatoms. The van der Waals surface area contributed by atoms with Gasteiger partial charge in [-0.15, -0.1) is 0 Å². The Morgan fingerprint density at radius 1 is 1.07 bits per heavy atom. The van der Waals surface area contributed by atoms with E-state index in [1.807, 2.05) is 4.90 Å². The maximum absolute atomic E-state index is 14.5. The number of piperazine rings is 1. The van der Waals surface area contributed by atoms with E-state index >= 15 is 0 Å². The average molecular weight is 388 g/mol. The molecule has 150 valence electrons. The van der Waals surface area contributed by atoms with Crippen LogP contribution in [0.15, 0.2) is 30.6 Å². The second kappa shape index (κ2) is 8.70. The minimum absolute atomic E-state index is 0.118. The normalized spacial score (nSPS) is 18.4. The number of nitrogens with zero attached hydrogens (tertiary/aromatic N) is 4. The zero-order valence-corrected chi connectivity index (χ0v) is 15.8. The summed E-state index contributed by atoms with van der Waals surface area (Å²) in [7, 11) is 0. The molecule has 2 aliphatic rings. The van der Waals surface area contributed by atoms with E-state index in [0.29, 0.717) is 30.4 Å². The van der Waals surface area contributed by atoms with Crippen LogP contribution in [-0.4, -0.2) is 60.6 Å². The number of benzene rings is 1. The molecule has 2 saturated heterocycles. The molecular weight excluding hydrogens is 363 g/mol. The van der Waals surface area contributed by atoms with E-state index in [9.17, 15) is 9.50 Å². The predicted molar refractivity (Wildman–Crippen MR) is 103 cm³/mol. The van der Waals surface area contributed by atoms with Crippen LogP contribution in [0.25, 0.3) is 0 Å². The van der Waals surface area contributed by atoms with Crippen molar-refractivity contribution in [3.63, 3.8) is 0 Å². The summed E-state index contributed by atoms with van der Waals surface area (Å²) >= 11 is 0. The summed E-state index contributed by atoms with van der Waals surface area (Å²) < 4.78 is 25.6. The summed E-state index contributed by atoms with van der Waals surface area (Å²) in [6.07, 6.45) is 5.41. The van der Waals surface area contributed by atoms with Gasteiger partial charge in [0, 0.05) is 44.6 Å². The van der Waals surface area contributed by atoms with E-state index in [4.69, 9.17) is 9.47 Å². The van der Waals surface area contributed by atoms with Gasteiger partial charge in [0.05, 0.1) is 43.6 Å². The largest absolute Gasteiger partial charge is 0.460 e. The van der Waals surface area contributed by atoms with E-state index in [1.165, 1.54) is 0 Å². The Balaban J connectivity index is 1.35. The van der Waals surface area contributed by atoms with Crippen molar-refractivity contribution >= 4 is 11.4 Å². The summed E-state index contributed by atoms with van der Waals surface area (Å²) in [6, 6.07) is 5.55. The van der Waals surface area contributed by atoms with Crippen molar-refractivity contribution < 1.29 is 19.0 Å². The van der Waals surface area contributed by atoms with Gasteiger partial charge in [0.25, 0.3) is 0 Å². The van der Waals surface area contributed by atoms with Gasteiger partial charge >= 0.3 is 6.01 Å². The molecule has 4 rings (SSSR count). The SMILES string of the molecule is OCc1cccc(N2CCN(c3cnc(OC4CCOCC4)nc3)CC2)c1F. The molecule has 0 bridgehead atoms. The lowest BCUT2D eigenvalue weighted by atomic mass is 10.1. The maximum Gasteiger partial charge on any atom is 0.316 e. The summed E-state index contributed by atoms with van der Waals surface area (Å²) in [5, 5.41) is 9.26. The lowest BCUT2D eigenvalue weighted by Gasteiger charge is -2.37. The first-order valence-electron chi connectivity index (χ1n) is 9.69. The van der Waals surface area contributed by atoms with Crippen molar-refractivity contribution in [3.05, 3.63) is 42.0 Å². The van der Waals surface area contributed by atoms with E-state index in [2.05, 4.69) is 14.9 Å². The second-order valence-corrected chi connectivity index (χ2v) is 7.04. The highest BCUT2D eigenvalue weighted by Crippen LogP contribution is 2.25. The molecule has 0 atom stereocenters. The molecule has 1 aromatic heterocycles. The fourth-order valence-corrected chi connectivity index (χ4v) is 3.61. The molecule has 0 radical (unpaired) electrons. The zero-order valence-electron chi connectivity index (χ0n) is 15.8. The first kappa shape index (κ1) is 18.9. The molecule has 0 spiro atoms. The molecule has 7 nitrogen and oxygen atoms in total. The third-order valence-electron chi connectivity index (χ3n) is 5.27. The highest BCUT2D eigenvalue weighted by molar-refractivity contribution is 5.53. The number of anilines is 2. The molecule has 1 aromatic carbocycles. The number of rotatable bonds is 5. The number of hydrogen-bond acceptors (Lipinski definition) is 7. The molecule has 0 aliphatic carbocycles. The number of hydrogen-bond donors (Lipinski definition) is 1. The third kappa shape index (κ3) is 4.18. The summed E-state index contributed by atoms with van der Waals surface area (Å²) in [4.78, 5) is 12.9. The van der Waals surface area contributed by atoms with E-state index in [0.717, 1.165) is 44.8 Å². The molecule has 0 amide bonds. The average Bonchev–Trinajstić information content (AvgIpc) is 2.75. The Labute approximate surface area is 163 Å². The lowest BCUT2D eigenvalue weighted by Crippen LogP contribution is -2.47. The molecule has 3 heterocycles. The molecule has 1 N–H and O–H groups in total. The molecule has 2 aliphatic heterocycles. The van der Waals surface area contributed by atoms with Crippen molar-refractivity contribution in [2.75, 3.05) is 49.2 Å². The molecule has 2 aromatic rings. The number of aliphatic hydroxyl groups is 1. The number of aliphatic hydroxyl groups excluding tert-OH is 1. The van der Waals surface area contributed by atoms with Gasteiger partial charge in [0.1, 0.15) is 6.10 Å². The Hall–Kier alpha value is -2.45. The van der Waals surface area contributed by atoms with Crippen LogP contribution in [0.1, 0.15) is 18.4 Å². The van der Waals surface area contributed by atoms with Gasteiger partial charge in [0.2, 0.25) is 0 Å². The third-order valence-corrected chi connectivity index (χ3v) is 5.27. The van der Waals surface area contributed by atoms with Crippen LogP contribution in [0.2, 0.25) is 0 Å². The van der Waals surface area contributed by atoms with Gasteiger partial charge in [-0.1, -0.05) is 12.1 Å². The Morgan fingerprint density at radius 2 is 1.75 bits per heavy atom. The monoisotopic (exact) mass is 388 g/mol. The Bertz CT molecular complexity index is 776. The predicted octanol–water partition coefficient (Wildman–Crippen LogP) is 1.99. The van der Waals surface area contributed by atoms with E-state index in [1.54, 1.807) is 30.6 Å². The van der Waals surface area contributed by atoms with E-state index < -0.39 is 0 Å². The minimum atomic E-state index is -0.337. The quantitative estimate of drug-likeness (QED) is 0.840. The van der Waals surface area contributed by atoms with Gasteiger partial charge in [-0.25, -0.2) is 14.4 Å². The maximum atomic E-state index is 14.5. The van der Waals surface area contributed by atoms with Gasteiger partial charge < -0.3 is 24.4 Å². The number of halogens is 1. The fraction of sp³-hybridized carbons (Fsp3) is 0.500. The van der Waals surface area contributed by atoms with Gasteiger partial charge in [-0.3, -0.25) is 0 Å². The van der Waals surface area contributed by atoms with Crippen LogP contribution in [0.3, 0.4) is 0 Å². The number of ether oxygens (including phenoxy) is 2. The van der Waals surface area contributed by atoms with Crippen molar-refractivity contribution in [1.82, 2.24) is 9.97 Å². The van der Waals surface area contributed by atoms with Crippen molar-refractivity contribution in [2.24, 2.45) is 0 Å². The lowest BCUT2D eigenvalue weighted by molar-refractivity contribution is 0.0217.